The second kappa shape index (κ2) is 5.35. The molecule has 0 aromatic carbocycles. The van der Waals surface area contributed by atoms with Crippen molar-refractivity contribution in [1.29, 1.82) is 0 Å². The quantitative estimate of drug-likeness (QED) is 0.649. The van der Waals surface area contributed by atoms with Crippen molar-refractivity contribution in [1.82, 2.24) is 4.98 Å². The van der Waals surface area contributed by atoms with Crippen LogP contribution in [0.1, 0.15) is 25.0 Å². The van der Waals surface area contributed by atoms with Crippen LogP contribution < -0.4 is 0 Å². The maximum Gasteiger partial charge on any atom is 0.136 e. The number of aromatic amines is 1. The molecule has 0 aliphatic heterocycles. The fourth-order valence-corrected chi connectivity index (χ4v) is 0.907. The van der Waals surface area contributed by atoms with E-state index < -0.39 is 0 Å². The van der Waals surface area contributed by atoms with Gasteiger partial charge in [-0.1, -0.05) is 26.5 Å². The average molecular weight is 164 g/mol. The molecule has 0 bridgehead atoms. The topological polar surface area (TPSA) is 28.1 Å². The second-order valence-electron chi connectivity index (χ2n) is 2.10. The zero-order valence-electron chi connectivity index (χ0n) is 8.02. The standard InChI is InChI=1S/C8H10N2.C2H6/c1-4-7-6(2)5-10-8(7)9-3;1-2/h4-5,10H,1,3H2,2H3;1-2H3. The number of aromatic nitrogens is 1. The number of nitrogens with zero attached hydrogens (tertiary/aromatic N) is 1. The smallest absolute Gasteiger partial charge is 0.136 e. The molecule has 0 radical (unpaired) electrons. The summed E-state index contributed by atoms with van der Waals surface area (Å²) in [5.41, 5.74) is 2.19. The molecule has 0 amide bonds. The SMILES string of the molecule is C=Cc1c(C)c[nH]c1N=C.CC. The molecule has 2 heteroatoms. The molecule has 0 saturated carbocycles. The molecular weight excluding hydrogens is 148 g/mol. The number of aliphatic imine (C=N–C) groups is 1. The van der Waals surface area contributed by atoms with E-state index in [1.165, 1.54) is 0 Å². The molecule has 0 unspecified atom stereocenters. The Morgan fingerprint density at radius 2 is 2.08 bits per heavy atom. The first-order valence-electron chi connectivity index (χ1n) is 4.06. The third-order valence-electron chi connectivity index (χ3n) is 1.47. The maximum absolute atomic E-state index is 3.79. The largest absolute Gasteiger partial charge is 0.346 e. The fourth-order valence-electron chi connectivity index (χ4n) is 0.907. The molecule has 0 saturated heterocycles. The van der Waals surface area contributed by atoms with Crippen LogP contribution in [-0.2, 0) is 0 Å². The molecule has 1 rings (SSSR count). The van der Waals surface area contributed by atoms with Crippen molar-refractivity contribution >= 4 is 18.6 Å². The van der Waals surface area contributed by atoms with Gasteiger partial charge >= 0.3 is 0 Å². The zero-order chi connectivity index (χ0) is 9.56. The van der Waals surface area contributed by atoms with Gasteiger partial charge in [0.15, 0.2) is 0 Å². The van der Waals surface area contributed by atoms with Crippen LogP contribution in [0, 0.1) is 6.92 Å². The summed E-state index contributed by atoms with van der Waals surface area (Å²) in [5.74, 6) is 0.799. The van der Waals surface area contributed by atoms with Gasteiger partial charge in [0.2, 0.25) is 0 Å². The monoisotopic (exact) mass is 164 g/mol. The zero-order valence-corrected chi connectivity index (χ0v) is 8.02. The van der Waals surface area contributed by atoms with Gasteiger partial charge in [-0.2, -0.15) is 0 Å². The lowest BCUT2D eigenvalue weighted by Gasteiger charge is -1.89. The van der Waals surface area contributed by atoms with Gasteiger partial charge < -0.3 is 4.98 Å². The Hall–Kier alpha value is -1.31. The van der Waals surface area contributed by atoms with Crippen LogP contribution in [0.15, 0.2) is 17.8 Å². The lowest BCUT2D eigenvalue weighted by Crippen LogP contribution is -1.69. The average Bonchev–Trinajstić information content (AvgIpc) is 2.49. The highest BCUT2D eigenvalue weighted by atomic mass is 14.9. The molecule has 0 atom stereocenters. The van der Waals surface area contributed by atoms with E-state index in [-0.39, 0.29) is 0 Å². The van der Waals surface area contributed by atoms with Gasteiger partial charge in [-0.3, -0.25) is 0 Å². The Morgan fingerprint density at radius 1 is 1.50 bits per heavy atom. The van der Waals surface area contributed by atoms with E-state index in [2.05, 4.69) is 23.3 Å². The van der Waals surface area contributed by atoms with E-state index in [1.807, 2.05) is 27.0 Å². The van der Waals surface area contributed by atoms with E-state index in [9.17, 15) is 0 Å². The molecule has 0 aliphatic carbocycles. The Morgan fingerprint density at radius 3 is 2.42 bits per heavy atom. The maximum atomic E-state index is 3.79. The van der Waals surface area contributed by atoms with Crippen LogP contribution in [0.2, 0.25) is 0 Å². The fraction of sp³-hybridized carbons (Fsp3) is 0.300. The minimum absolute atomic E-state index is 0.799. The molecule has 1 N–H and O–H groups in total. The summed E-state index contributed by atoms with van der Waals surface area (Å²) >= 11 is 0. The minimum Gasteiger partial charge on any atom is -0.346 e. The Balaban J connectivity index is 0.000000561. The molecule has 1 aromatic heterocycles. The summed E-state index contributed by atoms with van der Waals surface area (Å²) in [7, 11) is 0. The van der Waals surface area contributed by atoms with Crippen LogP contribution in [0.3, 0.4) is 0 Å². The number of H-pyrrole nitrogens is 1. The number of aryl methyl sites for hydroxylation is 1. The van der Waals surface area contributed by atoms with Crippen molar-refractivity contribution < 1.29 is 0 Å². The molecule has 2 nitrogen and oxygen atoms in total. The minimum atomic E-state index is 0.799. The van der Waals surface area contributed by atoms with Crippen LogP contribution in [0.25, 0.3) is 6.08 Å². The first-order valence-corrected chi connectivity index (χ1v) is 4.06. The highest BCUT2D eigenvalue weighted by Crippen LogP contribution is 2.20. The van der Waals surface area contributed by atoms with Crippen molar-refractivity contribution in [3.8, 4) is 0 Å². The predicted molar refractivity (Wildman–Crippen MR) is 56.2 cm³/mol. The number of nitrogens with one attached hydrogen (secondary N) is 1. The Bertz CT molecular complexity index is 259. The molecular formula is C10H16N2. The molecule has 0 spiro atoms. The highest BCUT2D eigenvalue weighted by Gasteiger charge is 2.00. The summed E-state index contributed by atoms with van der Waals surface area (Å²) in [6.45, 7) is 13.1. The van der Waals surface area contributed by atoms with Crippen LogP contribution in [-0.4, -0.2) is 11.7 Å². The molecule has 0 aliphatic rings. The molecule has 0 fully saturated rings. The van der Waals surface area contributed by atoms with E-state index in [0.29, 0.717) is 0 Å². The number of hydrogen-bond donors (Lipinski definition) is 1. The third kappa shape index (κ3) is 2.09. The van der Waals surface area contributed by atoms with Gasteiger partial charge in [0.1, 0.15) is 5.82 Å². The van der Waals surface area contributed by atoms with E-state index >= 15 is 0 Å². The first-order chi connectivity index (χ1) is 5.79. The van der Waals surface area contributed by atoms with E-state index in [4.69, 9.17) is 0 Å². The highest BCUT2D eigenvalue weighted by molar-refractivity contribution is 5.65. The summed E-state index contributed by atoms with van der Waals surface area (Å²) in [4.78, 5) is 6.76. The normalized spacial score (nSPS) is 8.25. The van der Waals surface area contributed by atoms with Crippen molar-refractivity contribution in [2.45, 2.75) is 20.8 Å². The lowest BCUT2D eigenvalue weighted by atomic mass is 10.2. The first kappa shape index (κ1) is 10.7. The van der Waals surface area contributed by atoms with E-state index in [0.717, 1.165) is 16.9 Å². The molecule has 66 valence electrons. The van der Waals surface area contributed by atoms with Gasteiger partial charge in [-0.25, -0.2) is 4.99 Å². The second-order valence-corrected chi connectivity index (χ2v) is 2.10. The Labute approximate surface area is 74.0 Å². The van der Waals surface area contributed by atoms with Crippen molar-refractivity contribution in [2.24, 2.45) is 4.99 Å². The van der Waals surface area contributed by atoms with Crippen LogP contribution in [0.4, 0.5) is 5.82 Å². The Kier molecular flexibility index (Phi) is 4.77. The van der Waals surface area contributed by atoms with Crippen molar-refractivity contribution in [3.05, 3.63) is 23.9 Å². The van der Waals surface area contributed by atoms with Gasteiger partial charge in [0.25, 0.3) is 0 Å². The van der Waals surface area contributed by atoms with Gasteiger partial charge in [-0.05, 0) is 19.2 Å². The van der Waals surface area contributed by atoms with Gasteiger partial charge in [-0.15, -0.1) is 0 Å². The third-order valence-corrected chi connectivity index (χ3v) is 1.47. The lowest BCUT2D eigenvalue weighted by molar-refractivity contribution is 1.34. The van der Waals surface area contributed by atoms with Crippen molar-refractivity contribution in [3.63, 3.8) is 0 Å². The van der Waals surface area contributed by atoms with Crippen molar-refractivity contribution in [2.75, 3.05) is 0 Å². The number of rotatable bonds is 2. The number of hydrogen-bond acceptors (Lipinski definition) is 1. The molecule has 12 heavy (non-hydrogen) atoms. The predicted octanol–water partition coefficient (Wildman–Crippen LogP) is 3.32. The summed E-state index contributed by atoms with van der Waals surface area (Å²) < 4.78 is 0. The van der Waals surface area contributed by atoms with Crippen LogP contribution >= 0.6 is 0 Å². The summed E-state index contributed by atoms with van der Waals surface area (Å²) in [5, 5.41) is 0. The van der Waals surface area contributed by atoms with Crippen LogP contribution in [0.5, 0.6) is 0 Å². The summed E-state index contributed by atoms with van der Waals surface area (Å²) in [6.07, 6.45) is 3.66. The van der Waals surface area contributed by atoms with Gasteiger partial charge in [0, 0.05) is 11.8 Å². The molecule has 1 heterocycles. The van der Waals surface area contributed by atoms with Gasteiger partial charge in [0.05, 0.1) is 0 Å². The molecule has 1 aromatic rings. The van der Waals surface area contributed by atoms with E-state index in [1.54, 1.807) is 6.08 Å². The summed E-state index contributed by atoms with van der Waals surface area (Å²) in [6, 6.07) is 0.